The molecule has 0 aromatic carbocycles. The van der Waals surface area contributed by atoms with E-state index in [4.69, 9.17) is 0 Å². The molecule has 1 fully saturated rings. The molecular formula is C21H38F3N5. The summed E-state index contributed by atoms with van der Waals surface area (Å²) in [6.45, 7) is 14.3. The largest absolute Gasteiger partial charge is 0.401 e. The number of nitrogens with one attached hydrogen (secondary N) is 2. The lowest BCUT2D eigenvalue weighted by atomic mass is 9.81. The van der Waals surface area contributed by atoms with E-state index in [0.29, 0.717) is 38.0 Å². The minimum Gasteiger partial charge on any atom is -0.350 e. The molecule has 0 saturated carbocycles. The minimum absolute atomic E-state index is 0.189. The van der Waals surface area contributed by atoms with Crippen molar-refractivity contribution < 1.29 is 13.2 Å². The second kappa shape index (κ2) is 10.3. The maximum atomic E-state index is 12.7. The topological polar surface area (TPSA) is 33.8 Å². The van der Waals surface area contributed by atoms with Crippen LogP contribution in [-0.4, -0.2) is 79.8 Å². The fourth-order valence-electron chi connectivity index (χ4n) is 4.55. The van der Waals surface area contributed by atoms with Crippen molar-refractivity contribution in [3.8, 4) is 0 Å². The summed E-state index contributed by atoms with van der Waals surface area (Å²) in [4.78, 5) is 6.18. The van der Waals surface area contributed by atoms with Crippen molar-refractivity contribution in [2.45, 2.75) is 46.8 Å². The van der Waals surface area contributed by atoms with Crippen LogP contribution in [0.3, 0.4) is 0 Å². The third-order valence-corrected chi connectivity index (χ3v) is 6.42. The lowest BCUT2D eigenvalue weighted by Crippen LogP contribution is -2.53. The van der Waals surface area contributed by atoms with Crippen LogP contribution in [0.15, 0.2) is 23.0 Å². The molecule has 29 heavy (non-hydrogen) atoms. The summed E-state index contributed by atoms with van der Waals surface area (Å²) >= 11 is 0. The molecule has 0 spiro atoms. The van der Waals surface area contributed by atoms with Crippen LogP contribution >= 0.6 is 0 Å². The minimum atomic E-state index is -4.12. The van der Waals surface area contributed by atoms with Crippen LogP contribution in [0.25, 0.3) is 0 Å². The average Bonchev–Trinajstić information content (AvgIpc) is 2.66. The molecule has 2 aliphatic rings. The summed E-state index contributed by atoms with van der Waals surface area (Å²) < 4.78 is 38.0. The van der Waals surface area contributed by atoms with Crippen LogP contribution in [0.5, 0.6) is 0 Å². The Balaban J connectivity index is 2.10. The van der Waals surface area contributed by atoms with Crippen LogP contribution in [0, 0.1) is 11.8 Å². The zero-order valence-electron chi connectivity index (χ0n) is 18.7. The molecule has 1 saturated heterocycles. The summed E-state index contributed by atoms with van der Waals surface area (Å²) in [6.07, 6.45) is -1.82. The number of hydrogen-bond donors (Lipinski definition) is 2. The standard InChI is InChI=1S/C21H38F3N5/c1-7-28-13-19(15(2)12-26-25-6)16(3)17(4)20(28)18(5)29-10-8-27(9-11-29)14-21(22,23)24/h13,15-16,18,25-26H,7-12,14H2,1-6H3/t15-,16?,18?/m0/s1. The normalized spacial score (nSPS) is 24.7. The number of allylic oxidation sites excluding steroid dienone is 1. The highest BCUT2D eigenvalue weighted by molar-refractivity contribution is 5.33. The number of halogens is 3. The van der Waals surface area contributed by atoms with Crippen molar-refractivity contribution in [2.75, 3.05) is 52.9 Å². The predicted molar refractivity (Wildman–Crippen MR) is 112 cm³/mol. The van der Waals surface area contributed by atoms with Gasteiger partial charge >= 0.3 is 6.18 Å². The van der Waals surface area contributed by atoms with E-state index in [0.717, 1.165) is 13.1 Å². The molecule has 2 N–H and O–H groups in total. The predicted octanol–water partition coefficient (Wildman–Crippen LogP) is 3.04. The zero-order valence-corrected chi connectivity index (χ0v) is 18.7. The van der Waals surface area contributed by atoms with Gasteiger partial charge < -0.3 is 4.90 Å². The molecule has 5 nitrogen and oxygen atoms in total. The third-order valence-electron chi connectivity index (χ3n) is 6.42. The van der Waals surface area contributed by atoms with Crippen molar-refractivity contribution in [1.82, 2.24) is 25.6 Å². The Labute approximate surface area is 173 Å². The Morgan fingerprint density at radius 1 is 1.17 bits per heavy atom. The molecular weight excluding hydrogens is 379 g/mol. The van der Waals surface area contributed by atoms with Gasteiger partial charge in [-0.1, -0.05) is 13.8 Å². The first-order chi connectivity index (χ1) is 13.6. The summed E-state index contributed by atoms with van der Waals surface area (Å²) in [7, 11) is 1.88. The highest BCUT2D eigenvalue weighted by Gasteiger charge is 2.35. The second-order valence-electron chi connectivity index (χ2n) is 8.34. The van der Waals surface area contributed by atoms with Gasteiger partial charge in [0.05, 0.1) is 6.54 Å². The molecule has 0 aliphatic carbocycles. The second-order valence-corrected chi connectivity index (χ2v) is 8.34. The molecule has 0 amide bonds. The number of likely N-dealkylation sites (N-methyl/N-ethyl adjacent to an activating group) is 1. The zero-order chi connectivity index (χ0) is 21.8. The van der Waals surface area contributed by atoms with Crippen molar-refractivity contribution in [2.24, 2.45) is 11.8 Å². The number of alkyl halides is 3. The van der Waals surface area contributed by atoms with Gasteiger partial charge in [-0.3, -0.25) is 20.7 Å². The van der Waals surface area contributed by atoms with E-state index in [2.05, 4.69) is 61.5 Å². The average molecular weight is 418 g/mol. The summed E-state index contributed by atoms with van der Waals surface area (Å²) in [6, 6.07) is 0.189. The Bertz CT molecular complexity index is 594. The molecule has 168 valence electrons. The molecule has 2 unspecified atom stereocenters. The van der Waals surface area contributed by atoms with Gasteiger partial charge in [-0.25, -0.2) is 0 Å². The van der Waals surface area contributed by atoms with E-state index in [-0.39, 0.29) is 6.04 Å². The Hall–Kier alpha value is -1.09. The lowest BCUT2D eigenvalue weighted by Gasteiger charge is -2.44. The van der Waals surface area contributed by atoms with Gasteiger partial charge in [-0.2, -0.15) is 13.2 Å². The maximum Gasteiger partial charge on any atom is 0.401 e. The molecule has 8 heteroatoms. The maximum absolute atomic E-state index is 12.7. The number of nitrogens with zero attached hydrogens (tertiary/aromatic N) is 3. The first kappa shape index (κ1) is 24.2. The molecule has 0 aromatic rings. The molecule has 0 radical (unpaired) electrons. The number of piperazine rings is 1. The molecule has 2 heterocycles. The van der Waals surface area contributed by atoms with Gasteiger partial charge in [0.15, 0.2) is 0 Å². The van der Waals surface area contributed by atoms with Crippen LogP contribution in [0.2, 0.25) is 0 Å². The van der Waals surface area contributed by atoms with E-state index in [1.807, 2.05) is 7.05 Å². The van der Waals surface area contributed by atoms with Gasteiger partial charge in [0.25, 0.3) is 0 Å². The van der Waals surface area contributed by atoms with E-state index in [1.165, 1.54) is 21.7 Å². The Morgan fingerprint density at radius 3 is 2.31 bits per heavy atom. The smallest absolute Gasteiger partial charge is 0.350 e. The summed E-state index contributed by atoms with van der Waals surface area (Å²) in [5.74, 6) is 0.764. The van der Waals surface area contributed by atoms with E-state index in [9.17, 15) is 13.2 Å². The fraction of sp³-hybridized carbons (Fsp3) is 0.810. The molecule has 0 bridgehead atoms. The van der Waals surface area contributed by atoms with Gasteiger partial charge in [0.1, 0.15) is 0 Å². The number of rotatable bonds is 8. The Kier molecular flexibility index (Phi) is 8.58. The van der Waals surface area contributed by atoms with Crippen LogP contribution in [0.4, 0.5) is 13.2 Å². The molecule has 0 aromatic heterocycles. The van der Waals surface area contributed by atoms with Crippen molar-refractivity contribution in [3.05, 3.63) is 23.0 Å². The Morgan fingerprint density at radius 2 is 1.79 bits per heavy atom. The van der Waals surface area contributed by atoms with E-state index < -0.39 is 12.7 Å². The monoisotopic (exact) mass is 417 g/mol. The van der Waals surface area contributed by atoms with Crippen molar-refractivity contribution in [3.63, 3.8) is 0 Å². The van der Waals surface area contributed by atoms with E-state index in [1.54, 1.807) is 0 Å². The van der Waals surface area contributed by atoms with Gasteiger partial charge in [0.2, 0.25) is 0 Å². The van der Waals surface area contributed by atoms with Gasteiger partial charge in [0, 0.05) is 63.1 Å². The highest BCUT2D eigenvalue weighted by atomic mass is 19.4. The van der Waals surface area contributed by atoms with Crippen LogP contribution in [0.1, 0.15) is 34.6 Å². The number of hydrogen-bond acceptors (Lipinski definition) is 5. The fourth-order valence-corrected chi connectivity index (χ4v) is 4.55. The van der Waals surface area contributed by atoms with Crippen LogP contribution < -0.4 is 10.9 Å². The molecule has 3 atom stereocenters. The van der Waals surface area contributed by atoms with Gasteiger partial charge in [-0.05, 0) is 44.9 Å². The SMILES string of the molecule is CCN1C=C([C@@H](C)CNNC)C(C)C(C)=C1C(C)N1CCN(CC(F)(F)F)CC1. The first-order valence-electron chi connectivity index (χ1n) is 10.7. The number of hydrazine groups is 1. The van der Waals surface area contributed by atoms with Crippen molar-refractivity contribution in [1.29, 1.82) is 0 Å². The van der Waals surface area contributed by atoms with Crippen molar-refractivity contribution >= 4 is 0 Å². The third kappa shape index (κ3) is 6.20. The molecule has 2 rings (SSSR count). The highest BCUT2D eigenvalue weighted by Crippen LogP contribution is 2.36. The van der Waals surface area contributed by atoms with Gasteiger partial charge in [-0.15, -0.1) is 0 Å². The quantitative estimate of drug-likeness (QED) is 0.594. The van der Waals surface area contributed by atoms with E-state index >= 15 is 0 Å². The summed E-state index contributed by atoms with van der Waals surface area (Å²) in [5, 5.41) is 0. The first-order valence-corrected chi connectivity index (χ1v) is 10.7. The molecule has 2 aliphatic heterocycles. The lowest BCUT2D eigenvalue weighted by molar-refractivity contribution is -0.149. The van der Waals surface area contributed by atoms with Crippen LogP contribution in [-0.2, 0) is 0 Å². The summed E-state index contributed by atoms with van der Waals surface area (Å²) in [5.41, 5.74) is 10.3.